The highest BCUT2D eigenvalue weighted by molar-refractivity contribution is 6.36. The van der Waals surface area contributed by atoms with Crippen LogP contribution in [0.2, 0.25) is 10.0 Å². The molecule has 0 unspecified atom stereocenters. The van der Waals surface area contributed by atoms with Crippen molar-refractivity contribution in [3.63, 3.8) is 0 Å². The summed E-state index contributed by atoms with van der Waals surface area (Å²) in [5, 5.41) is 5.07. The summed E-state index contributed by atoms with van der Waals surface area (Å²) >= 11 is 12.0. The average molecular weight is 383 g/mol. The molecule has 3 aromatic carbocycles. The summed E-state index contributed by atoms with van der Waals surface area (Å²) in [6, 6.07) is 24.3. The van der Waals surface area contributed by atoms with Crippen LogP contribution in [0.3, 0.4) is 0 Å². The lowest BCUT2D eigenvalue weighted by Gasteiger charge is -2.16. The van der Waals surface area contributed by atoms with Gasteiger partial charge in [-0.25, -0.2) is 5.43 Å². The summed E-state index contributed by atoms with van der Waals surface area (Å²) in [6.45, 7) is 0. The number of nitrogens with one attached hydrogen (secondary N) is 1. The molecule has 0 heterocycles. The fourth-order valence-electron chi connectivity index (χ4n) is 2.62. The number of carbonyl (C=O) groups is 1. The number of rotatable bonds is 5. The van der Waals surface area contributed by atoms with E-state index in [-0.39, 0.29) is 5.91 Å². The zero-order valence-corrected chi connectivity index (χ0v) is 15.3. The highest BCUT2D eigenvalue weighted by atomic mass is 35.5. The van der Waals surface area contributed by atoms with Crippen molar-refractivity contribution in [3.8, 4) is 0 Å². The maximum absolute atomic E-state index is 12.8. The molecule has 3 rings (SSSR count). The van der Waals surface area contributed by atoms with Gasteiger partial charge < -0.3 is 0 Å². The lowest BCUT2D eigenvalue weighted by atomic mass is 9.91. The highest BCUT2D eigenvalue weighted by Crippen LogP contribution is 2.24. The van der Waals surface area contributed by atoms with Crippen LogP contribution in [0.15, 0.2) is 84.0 Å². The van der Waals surface area contributed by atoms with Crippen molar-refractivity contribution < 1.29 is 4.79 Å². The molecular weight excluding hydrogens is 367 g/mol. The van der Waals surface area contributed by atoms with E-state index in [1.54, 1.807) is 18.2 Å². The number of benzene rings is 3. The lowest BCUT2D eigenvalue weighted by molar-refractivity contribution is -0.121. The molecule has 0 radical (unpaired) electrons. The predicted molar refractivity (Wildman–Crippen MR) is 107 cm³/mol. The minimum absolute atomic E-state index is 0.219. The summed E-state index contributed by atoms with van der Waals surface area (Å²) in [4.78, 5) is 12.8. The Morgan fingerprint density at radius 1 is 0.885 bits per heavy atom. The van der Waals surface area contributed by atoms with Crippen LogP contribution >= 0.6 is 23.2 Å². The van der Waals surface area contributed by atoms with Crippen molar-refractivity contribution in [2.75, 3.05) is 0 Å². The number of hydrogen-bond acceptors (Lipinski definition) is 2. The number of amides is 1. The van der Waals surface area contributed by atoms with Crippen LogP contribution in [0.4, 0.5) is 0 Å². The smallest absolute Gasteiger partial charge is 0.252 e. The first-order chi connectivity index (χ1) is 12.6. The SMILES string of the molecule is O=C(NN=Cc1ccc(Cl)cc1Cl)C(c1ccccc1)c1ccccc1. The largest absolute Gasteiger partial charge is 0.272 e. The summed E-state index contributed by atoms with van der Waals surface area (Å²) in [6.07, 6.45) is 1.50. The molecule has 0 spiro atoms. The van der Waals surface area contributed by atoms with Crippen LogP contribution in [0.1, 0.15) is 22.6 Å². The first-order valence-electron chi connectivity index (χ1n) is 8.03. The molecule has 3 nitrogen and oxygen atoms in total. The van der Waals surface area contributed by atoms with E-state index in [0.29, 0.717) is 15.6 Å². The molecule has 1 amide bonds. The van der Waals surface area contributed by atoms with Gasteiger partial charge in [-0.3, -0.25) is 4.79 Å². The normalized spacial score (nSPS) is 11.0. The third kappa shape index (κ3) is 4.51. The zero-order chi connectivity index (χ0) is 18.4. The van der Waals surface area contributed by atoms with Crippen LogP contribution in [0.25, 0.3) is 0 Å². The maximum atomic E-state index is 12.8. The minimum Gasteiger partial charge on any atom is -0.272 e. The van der Waals surface area contributed by atoms with Gasteiger partial charge in [-0.1, -0.05) is 89.9 Å². The van der Waals surface area contributed by atoms with Crippen molar-refractivity contribution in [2.24, 2.45) is 5.10 Å². The monoisotopic (exact) mass is 382 g/mol. The third-order valence-corrected chi connectivity index (χ3v) is 4.43. The Balaban J connectivity index is 1.81. The number of hydrogen-bond donors (Lipinski definition) is 1. The van der Waals surface area contributed by atoms with Crippen LogP contribution in [-0.2, 0) is 4.79 Å². The summed E-state index contributed by atoms with van der Waals surface area (Å²) in [5.41, 5.74) is 5.08. The van der Waals surface area contributed by atoms with E-state index in [2.05, 4.69) is 10.5 Å². The Labute approximate surface area is 162 Å². The van der Waals surface area contributed by atoms with Gasteiger partial charge in [0.1, 0.15) is 0 Å². The van der Waals surface area contributed by atoms with Crippen LogP contribution in [-0.4, -0.2) is 12.1 Å². The molecule has 0 aliphatic heterocycles. The molecule has 0 saturated heterocycles. The van der Waals surface area contributed by atoms with Crippen molar-refractivity contribution >= 4 is 35.3 Å². The van der Waals surface area contributed by atoms with E-state index in [9.17, 15) is 4.79 Å². The lowest BCUT2D eigenvalue weighted by Crippen LogP contribution is -2.26. The van der Waals surface area contributed by atoms with Crippen molar-refractivity contribution in [1.29, 1.82) is 0 Å². The molecule has 0 aliphatic carbocycles. The fraction of sp³-hybridized carbons (Fsp3) is 0.0476. The van der Waals surface area contributed by atoms with E-state index in [1.807, 2.05) is 60.7 Å². The molecular formula is C21H16Cl2N2O. The van der Waals surface area contributed by atoms with Crippen LogP contribution < -0.4 is 5.43 Å². The van der Waals surface area contributed by atoms with Gasteiger partial charge in [0.2, 0.25) is 0 Å². The Bertz CT molecular complexity index is 872. The van der Waals surface area contributed by atoms with Gasteiger partial charge in [-0.15, -0.1) is 0 Å². The summed E-state index contributed by atoms with van der Waals surface area (Å²) in [5.74, 6) is -0.668. The van der Waals surface area contributed by atoms with E-state index in [0.717, 1.165) is 11.1 Å². The van der Waals surface area contributed by atoms with Crippen LogP contribution in [0.5, 0.6) is 0 Å². The number of nitrogens with zero attached hydrogens (tertiary/aromatic N) is 1. The third-order valence-electron chi connectivity index (χ3n) is 3.87. The first kappa shape index (κ1) is 18.2. The summed E-state index contributed by atoms with van der Waals surface area (Å²) < 4.78 is 0. The molecule has 5 heteroatoms. The number of hydrazone groups is 1. The molecule has 0 aromatic heterocycles. The first-order valence-corrected chi connectivity index (χ1v) is 8.78. The van der Waals surface area contributed by atoms with Crippen LogP contribution in [0, 0.1) is 0 Å². The molecule has 1 N–H and O–H groups in total. The van der Waals surface area contributed by atoms with E-state index in [4.69, 9.17) is 23.2 Å². The van der Waals surface area contributed by atoms with Gasteiger partial charge in [0.25, 0.3) is 5.91 Å². The molecule has 130 valence electrons. The van der Waals surface area contributed by atoms with E-state index >= 15 is 0 Å². The molecule has 3 aromatic rings. The molecule has 0 bridgehead atoms. The van der Waals surface area contributed by atoms with Gasteiger partial charge in [-0.05, 0) is 23.3 Å². The van der Waals surface area contributed by atoms with Gasteiger partial charge in [0.05, 0.1) is 17.2 Å². The molecule has 0 atom stereocenters. The van der Waals surface area contributed by atoms with Gasteiger partial charge in [0, 0.05) is 10.6 Å². The standard InChI is InChI=1S/C21H16Cl2N2O/c22-18-12-11-17(19(23)13-18)14-24-25-21(26)20(15-7-3-1-4-8-15)16-9-5-2-6-10-16/h1-14,20H,(H,25,26). The highest BCUT2D eigenvalue weighted by Gasteiger charge is 2.22. The Hall–Kier alpha value is -2.62. The second kappa shape index (κ2) is 8.65. The second-order valence-corrected chi connectivity index (χ2v) is 6.50. The fourth-order valence-corrected chi connectivity index (χ4v) is 3.08. The topological polar surface area (TPSA) is 41.5 Å². The van der Waals surface area contributed by atoms with Crippen molar-refractivity contribution in [3.05, 3.63) is 106 Å². The quantitative estimate of drug-likeness (QED) is 0.473. The zero-order valence-electron chi connectivity index (χ0n) is 13.8. The van der Waals surface area contributed by atoms with Crippen molar-refractivity contribution in [1.82, 2.24) is 5.43 Å². The van der Waals surface area contributed by atoms with E-state index < -0.39 is 5.92 Å². The predicted octanol–water partition coefficient (Wildman–Crippen LogP) is 5.28. The summed E-state index contributed by atoms with van der Waals surface area (Å²) in [7, 11) is 0. The van der Waals surface area contributed by atoms with Gasteiger partial charge >= 0.3 is 0 Å². The number of carbonyl (C=O) groups excluding carboxylic acids is 1. The Morgan fingerprint density at radius 3 is 2.00 bits per heavy atom. The van der Waals surface area contributed by atoms with Gasteiger partial charge in [-0.2, -0.15) is 5.10 Å². The molecule has 0 saturated carbocycles. The Morgan fingerprint density at radius 2 is 1.46 bits per heavy atom. The second-order valence-electron chi connectivity index (χ2n) is 5.65. The Kier molecular flexibility index (Phi) is 6.05. The number of halogens is 2. The molecule has 0 aliphatic rings. The van der Waals surface area contributed by atoms with Crippen molar-refractivity contribution in [2.45, 2.75) is 5.92 Å². The maximum Gasteiger partial charge on any atom is 0.252 e. The van der Waals surface area contributed by atoms with Gasteiger partial charge in [0.15, 0.2) is 0 Å². The molecule has 0 fully saturated rings. The molecule has 26 heavy (non-hydrogen) atoms. The average Bonchev–Trinajstić information content (AvgIpc) is 2.65. The van der Waals surface area contributed by atoms with E-state index in [1.165, 1.54) is 6.21 Å². The minimum atomic E-state index is -0.449.